The number of amides is 1. The average Bonchev–Trinajstić information content (AvgIpc) is 2.91. The third-order valence-electron chi connectivity index (χ3n) is 3.08. The molecule has 23 heavy (non-hydrogen) atoms. The van der Waals surface area contributed by atoms with Crippen molar-refractivity contribution >= 4 is 44.9 Å². The van der Waals surface area contributed by atoms with Crippen molar-refractivity contribution in [3.8, 4) is 0 Å². The molecule has 0 saturated carbocycles. The fraction of sp³-hybridized carbons (Fsp3) is 0.333. The minimum absolute atomic E-state index is 0.0331. The number of hydrogen-bond acceptors (Lipinski definition) is 6. The maximum atomic E-state index is 12.2. The van der Waals surface area contributed by atoms with Crippen LogP contribution in [-0.4, -0.2) is 39.6 Å². The largest absolute Gasteiger partial charge is 0.338 e. The zero-order valence-corrected chi connectivity index (χ0v) is 14.6. The Morgan fingerprint density at radius 3 is 2.87 bits per heavy atom. The number of nitro groups is 1. The van der Waals surface area contributed by atoms with Crippen molar-refractivity contribution in [1.82, 2.24) is 9.88 Å². The third-order valence-corrected chi connectivity index (χ3v) is 5.22. The maximum absolute atomic E-state index is 12.2. The first-order chi connectivity index (χ1) is 10.9. The molecule has 2 rings (SSSR count). The Bertz CT molecular complexity index is 758. The van der Waals surface area contributed by atoms with Crippen LogP contribution in [0.1, 0.15) is 13.8 Å². The van der Waals surface area contributed by atoms with Gasteiger partial charge in [-0.25, -0.2) is 4.98 Å². The second kappa shape index (κ2) is 7.56. The lowest BCUT2D eigenvalue weighted by Gasteiger charge is -2.20. The molecule has 0 bridgehead atoms. The Morgan fingerprint density at radius 1 is 1.52 bits per heavy atom. The lowest BCUT2D eigenvalue weighted by atomic mass is 10.3. The number of non-ortho nitro benzene ring substituents is 1. The molecule has 1 heterocycles. The summed E-state index contributed by atoms with van der Waals surface area (Å²) in [6, 6.07) is 4.58. The second-order valence-corrected chi connectivity index (χ2v) is 7.30. The summed E-state index contributed by atoms with van der Waals surface area (Å²) < 4.78 is 1.49. The van der Waals surface area contributed by atoms with E-state index in [2.05, 4.69) is 11.6 Å². The number of hydrogen-bond donors (Lipinski definition) is 0. The number of thioether (sulfide) groups is 1. The van der Waals surface area contributed by atoms with E-state index < -0.39 is 4.92 Å². The number of nitro benzene ring substituents is 1. The average molecular weight is 351 g/mol. The van der Waals surface area contributed by atoms with Gasteiger partial charge < -0.3 is 4.90 Å². The smallest absolute Gasteiger partial charge is 0.270 e. The summed E-state index contributed by atoms with van der Waals surface area (Å²) in [6.07, 6.45) is 0. The standard InChI is InChI=1S/C15H17N3O3S2/c1-4-17(8-10(2)3)14(19)9-22-15-16-12-6-5-11(18(20)21)7-13(12)23-15/h5-7H,2,4,8-9H2,1,3H3. The SMILES string of the molecule is C=C(C)CN(CC)C(=O)CSc1nc2ccc([N+](=O)[O-])cc2s1. The van der Waals surface area contributed by atoms with Gasteiger partial charge in [0.25, 0.3) is 5.69 Å². The highest BCUT2D eigenvalue weighted by Crippen LogP contribution is 2.31. The van der Waals surface area contributed by atoms with E-state index in [4.69, 9.17) is 0 Å². The molecule has 122 valence electrons. The van der Waals surface area contributed by atoms with Gasteiger partial charge >= 0.3 is 0 Å². The predicted octanol–water partition coefficient (Wildman–Crippen LogP) is 3.72. The topological polar surface area (TPSA) is 76.3 Å². The molecule has 1 aromatic heterocycles. The quantitative estimate of drug-likeness (QED) is 0.329. The lowest BCUT2D eigenvalue weighted by molar-refractivity contribution is -0.384. The van der Waals surface area contributed by atoms with Crippen LogP contribution in [0.4, 0.5) is 5.69 Å². The predicted molar refractivity (Wildman–Crippen MR) is 94.1 cm³/mol. The Kier molecular flexibility index (Phi) is 5.73. The number of thiazole rings is 1. The van der Waals surface area contributed by atoms with Crippen LogP contribution in [0.15, 0.2) is 34.7 Å². The molecule has 1 amide bonds. The van der Waals surface area contributed by atoms with E-state index in [1.165, 1.54) is 35.2 Å². The van der Waals surface area contributed by atoms with E-state index in [1.807, 2.05) is 13.8 Å². The summed E-state index contributed by atoms with van der Waals surface area (Å²) in [7, 11) is 0. The minimum Gasteiger partial charge on any atom is -0.338 e. The zero-order valence-electron chi connectivity index (χ0n) is 12.9. The zero-order chi connectivity index (χ0) is 17.0. The summed E-state index contributed by atoms with van der Waals surface area (Å²) in [6.45, 7) is 8.85. The number of nitrogens with zero attached hydrogens (tertiary/aromatic N) is 3. The second-order valence-electron chi connectivity index (χ2n) is 5.04. The van der Waals surface area contributed by atoms with Gasteiger partial charge in [0.15, 0.2) is 4.34 Å². The highest BCUT2D eigenvalue weighted by molar-refractivity contribution is 8.01. The van der Waals surface area contributed by atoms with E-state index in [9.17, 15) is 14.9 Å². The van der Waals surface area contributed by atoms with Gasteiger partial charge in [0, 0.05) is 25.2 Å². The van der Waals surface area contributed by atoms with E-state index in [1.54, 1.807) is 11.0 Å². The van der Waals surface area contributed by atoms with Crippen molar-refractivity contribution in [2.75, 3.05) is 18.8 Å². The maximum Gasteiger partial charge on any atom is 0.270 e. The number of rotatable bonds is 7. The molecule has 0 aliphatic rings. The molecular formula is C15H17N3O3S2. The number of fused-ring (bicyclic) bond motifs is 1. The van der Waals surface area contributed by atoms with Gasteiger partial charge in [-0.1, -0.05) is 23.9 Å². The molecule has 0 spiro atoms. The molecule has 0 unspecified atom stereocenters. The van der Waals surface area contributed by atoms with Crippen molar-refractivity contribution in [2.24, 2.45) is 0 Å². The Morgan fingerprint density at radius 2 is 2.26 bits per heavy atom. The van der Waals surface area contributed by atoms with Crippen molar-refractivity contribution < 1.29 is 9.72 Å². The van der Waals surface area contributed by atoms with Crippen LogP contribution in [0.2, 0.25) is 0 Å². The van der Waals surface area contributed by atoms with E-state index in [-0.39, 0.29) is 11.6 Å². The first-order valence-corrected chi connectivity index (χ1v) is 8.81. The molecule has 0 radical (unpaired) electrons. The van der Waals surface area contributed by atoms with Gasteiger partial charge in [0.1, 0.15) is 0 Å². The fourth-order valence-electron chi connectivity index (χ4n) is 1.98. The van der Waals surface area contributed by atoms with Crippen LogP contribution in [-0.2, 0) is 4.79 Å². The molecule has 1 aromatic carbocycles. The van der Waals surface area contributed by atoms with Gasteiger partial charge in [0.05, 0.1) is 20.9 Å². The monoisotopic (exact) mass is 351 g/mol. The van der Waals surface area contributed by atoms with E-state index >= 15 is 0 Å². The Balaban J connectivity index is 2.05. The van der Waals surface area contributed by atoms with E-state index in [0.29, 0.717) is 24.4 Å². The van der Waals surface area contributed by atoms with Gasteiger partial charge in [-0.2, -0.15) is 0 Å². The van der Waals surface area contributed by atoms with Crippen LogP contribution in [0, 0.1) is 10.1 Å². The first kappa shape index (κ1) is 17.4. The Hall–Kier alpha value is -1.93. The van der Waals surface area contributed by atoms with Crippen molar-refractivity contribution in [2.45, 2.75) is 18.2 Å². The molecule has 0 aliphatic carbocycles. The number of carbonyl (C=O) groups is 1. The van der Waals surface area contributed by atoms with Crippen molar-refractivity contribution in [1.29, 1.82) is 0 Å². The molecule has 8 heteroatoms. The molecule has 0 atom stereocenters. The first-order valence-electron chi connectivity index (χ1n) is 7.00. The van der Waals surface area contributed by atoms with Gasteiger partial charge in [-0.05, 0) is 19.9 Å². The summed E-state index contributed by atoms with van der Waals surface area (Å²) in [5.74, 6) is 0.328. The summed E-state index contributed by atoms with van der Waals surface area (Å²) in [4.78, 5) is 28.7. The number of carbonyl (C=O) groups excluding carboxylic acids is 1. The summed E-state index contributed by atoms with van der Waals surface area (Å²) >= 11 is 2.72. The molecule has 2 aromatic rings. The lowest BCUT2D eigenvalue weighted by Crippen LogP contribution is -2.33. The highest BCUT2D eigenvalue weighted by atomic mass is 32.2. The fourth-order valence-corrected chi connectivity index (χ4v) is 3.99. The molecular weight excluding hydrogens is 334 g/mol. The Labute approximate surface area is 142 Å². The minimum atomic E-state index is -0.424. The van der Waals surface area contributed by atoms with Gasteiger partial charge in [0.2, 0.25) is 5.91 Å². The number of aromatic nitrogens is 1. The number of benzene rings is 1. The number of likely N-dealkylation sites (N-methyl/N-ethyl adjacent to an activating group) is 1. The molecule has 6 nitrogen and oxygen atoms in total. The van der Waals surface area contributed by atoms with Crippen LogP contribution in [0.5, 0.6) is 0 Å². The van der Waals surface area contributed by atoms with Crippen molar-refractivity contribution in [3.05, 3.63) is 40.5 Å². The molecule has 0 aliphatic heterocycles. The summed E-state index contributed by atoms with van der Waals surface area (Å²) in [5, 5.41) is 10.8. The van der Waals surface area contributed by atoms with Crippen LogP contribution >= 0.6 is 23.1 Å². The molecule has 0 fully saturated rings. The molecule has 0 N–H and O–H groups in total. The summed E-state index contributed by atoms with van der Waals surface area (Å²) in [5.41, 5.74) is 1.70. The van der Waals surface area contributed by atoms with E-state index in [0.717, 1.165) is 14.6 Å². The van der Waals surface area contributed by atoms with Crippen LogP contribution < -0.4 is 0 Å². The van der Waals surface area contributed by atoms with Crippen molar-refractivity contribution in [3.63, 3.8) is 0 Å². The normalized spacial score (nSPS) is 10.7. The van der Waals surface area contributed by atoms with Crippen LogP contribution in [0.25, 0.3) is 10.2 Å². The third kappa shape index (κ3) is 4.52. The van der Waals surface area contributed by atoms with Crippen LogP contribution in [0.3, 0.4) is 0 Å². The highest BCUT2D eigenvalue weighted by Gasteiger charge is 2.15. The van der Waals surface area contributed by atoms with Gasteiger partial charge in [-0.3, -0.25) is 14.9 Å². The molecule has 0 saturated heterocycles. The van der Waals surface area contributed by atoms with Gasteiger partial charge in [-0.15, -0.1) is 11.3 Å².